The van der Waals surface area contributed by atoms with Gasteiger partial charge in [0.05, 0.1) is 17.9 Å². The topological polar surface area (TPSA) is 39.1 Å². The Balaban J connectivity index is 1.98. The van der Waals surface area contributed by atoms with Crippen LogP contribution in [0.1, 0.15) is 58.7 Å². The van der Waals surface area contributed by atoms with Crippen LogP contribution in [0.2, 0.25) is 0 Å². The zero-order valence-corrected chi connectivity index (χ0v) is 13.3. The maximum Gasteiger partial charge on any atom is 0.0736 e. The van der Waals surface area contributed by atoms with E-state index < -0.39 is 0 Å². The molecule has 0 bridgehead atoms. The predicted molar refractivity (Wildman–Crippen MR) is 82.0 cm³/mol. The molecule has 0 aromatic carbocycles. The van der Waals surface area contributed by atoms with Crippen molar-refractivity contribution in [3.63, 3.8) is 0 Å². The maximum atomic E-state index is 6.05. The molecule has 2 rings (SSSR count). The lowest BCUT2D eigenvalue weighted by Crippen LogP contribution is -2.42. The Bertz CT molecular complexity index is 402. The molecule has 1 aromatic rings. The Labute approximate surface area is 122 Å². The third kappa shape index (κ3) is 4.06. The summed E-state index contributed by atoms with van der Waals surface area (Å²) in [7, 11) is 0. The molecular weight excluding hydrogens is 250 g/mol. The van der Waals surface area contributed by atoms with Crippen LogP contribution in [0.15, 0.2) is 12.3 Å². The molecule has 1 aliphatic rings. The van der Waals surface area contributed by atoms with Crippen LogP contribution in [0, 0.1) is 0 Å². The molecule has 0 radical (unpaired) electrons. The largest absolute Gasteiger partial charge is 0.374 e. The molecule has 2 heterocycles. The second-order valence-electron chi connectivity index (χ2n) is 6.21. The lowest BCUT2D eigenvalue weighted by atomic mass is 10.0. The molecule has 0 amide bonds. The number of ether oxygens (including phenoxy) is 1. The van der Waals surface area contributed by atoms with Crippen molar-refractivity contribution in [1.82, 2.24) is 15.1 Å². The van der Waals surface area contributed by atoms with Gasteiger partial charge in [0.1, 0.15) is 0 Å². The van der Waals surface area contributed by atoms with Gasteiger partial charge in [-0.25, -0.2) is 0 Å². The first kappa shape index (κ1) is 15.5. The fourth-order valence-corrected chi connectivity index (χ4v) is 2.79. The lowest BCUT2D eigenvalue weighted by molar-refractivity contribution is 0.0318. The van der Waals surface area contributed by atoms with Gasteiger partial charge in [0, 0.05) is 24.7 Å². The molecule has 3 atom stereocenters. The molecule has 4 nitrogen and oxygen atoms in total. The average molecular weight is 279 g/mol. The standard InChI is InChI=1S/C16H29N3O/c1-5-9-17-15(16-7-6-13(4)20-16)11-14-8-10-19(18-14)12(2)3/h8,10,12-13,15-17H,5-7,9,11H2,1-4H3. The second-order valence-corrected chi connectivity index (χ2v) is 6.21. The van der Waals surface area contributed by atoms with Gasteiger partial charge in [-0.05, 0) is 52.6 Å². The summed E-state index contributed by atoms with van der Waals surface area (Å²) in [5.74, 6) is 0. The minimum absolute atomic E-state index is 0.334. The highest BCUT2D eigenvalue weighted by Gasteiger charge is 2.29. The van der Waals surface area contributed by atoms with E-state index in [1.54, 1.807) is 0 Å². The van der Waals surface area contributed by atoms with E-state index in [0.717, 1.165) is 31.5 Å². The Morgan fingerprint density at radius 1 is 1.45 bits per heavy atom. The number of aromatic nitrogens is 2. The third-order valence-corrected chi connectivity index (χ3v) is 3.99. The Morgan fingerprint density at radius 3 is 2.80 bits per heavy atom. The molecule has 3 unspecified atom stereocenters. The van der Waals surface area contributed by atoms with E-state index in [4.69, 9.17) is 4.74 Å². The van der Waals surface area contributed by atoms with Crippen molar-refractivity contribution in [1.29, 1.82) is 0 Å². The van der Waals surface area contributed by atoms with Crippen LogP contribution in [-0.4, -0.2) is 34.6 Å². The molecule has 20 heavy (non-hydrogen) atoms. The van der Waals surface area contributed by atoms with Gasteiger partial charge in [-0.2, -0.15) is 5.10 Å². The molecule has 114 valence electrons. The highest BCUT2D eigenvalue weighted by atomic mass is 16.5. The zero-order valence-electron chi connectivity index (χ0n) is 13.3. The van der Waals surface area contributed by atoms with Gasteiger partial charge in [-0.1, -0.05) is 6.92 Å². The summed E-state index contributed by atoms with van der Waals surface area (Å²) in [6.07, 6.45) is 7.26. The summed E-state index contributed by atoms with van der Waals surface area (Å²) >= 11 is 0. The van der Waals surface area contributed by atoms with Gasteiger partial charge in [0.15, 0.2) is 0 Å². The molecule has 0 spiro atoms. The minimum atomic E-state index is 0.334. The summed E-state index contributed by atoms with van der Waals surface area (Å²) in [4.78, 5) is 0. The molecule has 1 saturated heterocycles. The van der Waals surface area contributed by atoms with Gasteiger partial charge in [-0.3, -0.25) is 4.68 Å². The van der Waals surface area contributed by atoms with Gasteiger partial charge in [0.25, 0.3) is 0 Å². The van der Waals surface area contributed by atoms with Gasteiger partial charge in [-0.15, -0.1) is 0 Å². The number of hydrogen-bond acceptors (Lipinski definition) is 3. The maximum absolute atomic E-state index is 6.05. The van der Waals surface area contributed by atoms with E-state index in [2.05, 4.69) is 50.4 Å². The number of nitrogens with one attached hydrogen (secondary N) is 1. The van der Waals surface area contributed by atoms with Crippen molar-refractivity contribution in [2.24, 2.45) is 0 Å². The van der Waals surface area contributed by atoms with E-state index in [0.29, 0.717) is 24.3 Å². The Morgan fingerprint density at radius 2 is 2.25 bits per heavy atom. The fraction of sp³-hybridized carbons (Fsp3) is 0.812. The molecular formula is C16H29N3O. The molecule has 4 heteroatoms. The van der Waals surface area contributed by atoms with Gasteiger partial charge < -0.3 is 10.1 Å². The summed E-state index contributed by atoms with van der Waals surface area (Å²) in [5.41, 5.74) is 1.16. The monoisotopic (exact) mass is 279 g/mol. The van der Waals surface area contributed by atoms with Crippen molar-refractivity contribution in [3.05, 3.63) is 18.0 Å². The van der Waals surface area contributed by atoms with Crippen LogP contribution in [-0.2, 0) is 11.2 Å². The van der Waals surface area contributed by atoms with Crippen molar-refractivity contribution in [2.75, 3.05) is 6.54 Å². The van der Waals surface area contributed by atoms with Crippen LogP contribution in [0.25, 0.3) is 0 Å². The molecule has 1 N–H and O–H groups in total. The van der Waals surface area contributed by atoms with E-state index >= 15 is 0 Å². The van der Waals surface area contributed by atoms with E-state index in [1.807, 2.05) is 4.68 Å². The van der Waals surface area contributed by atoms with E-state index in [9.17, 15) is 0 Å². The SMILES string of the molecule is CCCNC(Cc1ccn(C(C)C)n1)C1CCC(C)O1. The lowest BCUT2D eigenvalue weighted by Gasteiger charge is -2.24. The van der Waals surface area contributed by atoms with Crippen molar-refractivity contribution >= 4 is 0 Å². The van der Waals surface area contributed by atoms with Crippen molar-refractivity contribution in [2.45, 2.75) is 77.7 Å². The highest BCUT2D eigenvalue weighted by molar-refractivity contribution is 5.04. The molecule has 1 aliphatic heterocycles. The zero-order chi connectivity index (χ0) is 14.5. The van der Waals surface area contributed by atoms with Crippen LogP contribution in [0.4, 0.5) is 0 Å². The third-order valence-electron chi connectivity index (χ3n) is 3.99. The van der Waals surface area contributed by atoms with Crippen LogP contribution in [0.5, 0.6) is 0 Å². The Kier molecular flexibility index (Phi) is 5.61. The predicted octanol–water partition coefficient (Wildman–Crippen LogP) is 2.94. The minimum Gasteiger partial charge on any atom is -0.374 e. The average Bonchev–Trinajstić information content (AvgIpc) is 3.03. The summed E-state index contributed by atoms with van der Waals surface area (Å²) in [5, 5.41) is 8.31. The normalized spacial score (nSPS) is 24.4. The number of nitrogens with zero attached hydrogens (tertiary/aromatic N) is 2. The van der Waals surface area contributed by atoms with Crippen molar-refractivity contribution in [3.8, 4) is 0 Å². The van der Waals surface area contributed by atoms with Gasteiger partial charge >= 0.3 is 0 Å². The summed E-state index contributed by atoms with van der Waals surface area (Å²) in [6.45, 7) is 9.74. The molecule has 0 saturated carbocycles. The first-order valence-electron chi connectivity index (χ1n) is 8.03. The first-order valence-corrected chi connectivity index (χ1v) is 8.03. The number of rotatable bonds is 7. The van der Waals surface area contributed by atoms with E-state index in [-0.39, 0.29) is 0 Å². The van der Waals surface area contributed by atoms with E-state index in [1.165, 1.54) is 6.42 Å². The van der Waals surface area contributed by atoms with Crippen LogP contribution in [0.3, 0.4) is 0 Å². The highest BCUT2D eigenvalue weighted by Crippen LogP contribution is 2.23. The first-order chi connectivity index (χ1) is 9.60. The molecule has 1 fully saturated rings. The van der Waals surface area contributed by atoms with Gasteiger partial charge in [0.2, 0.25) is 0 Å². The second kappa shape index (κ2) is 7.23. The smallest absolute Gasteiger partial charge is 0.0736 e. The quantitative estimate of drug-likeness (QED) is 0.834. The van der Waals surface area contributed by atoms with Crippen molar-refractivity contribution < 1.29 is 4.74 Å². The summed E-state index contributed by atoms with van der Waals surface area (Å²) < 4.78 is 8.08. The molecule has 0 aliphatic carbocycles. The fourth-order valence-electron chi connectivity index (χ4n) is 2.79. The van der Waals surface area contributed by atoms with Crippen LogP contribution < -0.4 is 5.32 Å². The van der Waals surface area contributed by atoms with Crippen LogP contribution >= 0.6 is 0 Å². The Hall–Kier alpha value is -0.870. The molecule has 1 aromatic heterocycles. The number of hydrogen-bond donors (Lipinski definition) is 1. The summed E-state index contributed by atoms with van der Waals surface area (Å²) in [6, 6.07) is 2.95.